The van der Waals surface area contributed by atoms with Crippen LogP contribution in [0.2, 0.25) is 5.02 Å². The molecule has 1 fully saturated rings. The highest BCUT2D eigenvalue weighted by molar-refractivity contribution is 6.33. The Balaban J connectivity index is 2.07. The van der Waals surface area contributed by atoms with E-state index in [1.54, 1.807) is 6.07 Å². The lowest BCUT2D eigenvalue weighted by Crippen LogP contribution is -2.32. The lowest BCUT2D eigenvalue weighted by molar-refractivity contribution is 0.0758. The topological polar surface area (TPSA) is 59.2 Å². The van der Waals surface area contributed by atoms with E-state index >= 15 is 0 Å². The number of likely N-dealkylation sites (tertiary alicyclic amines) is 1. The Hall–Kier alpha value is -1.29. The van der Waals surface area contributed by atoms with Crippen molar-refractivity contribution < 1.29 is 4.79 Å². The van der Waals surface area contributed by atoms with Crippen LogP contribution >= 0.6 is 11.6 Å². The van der Waals surface area contributed by atoms with E-state index in [0.717, 1.165) is 25.9 Å². The van der Waals surface area contributed by atoms with Crippen LogP contribution in [0.4, 0.5) is 5.82 Å². The quantitative estimate of drug-likeness (QED) is 0.911. The average Bonchev–Trinajstić information content (AvgIpc) is 2.67. The molecule has 0 radical (unpaired) electrons. The van der Waals surface area contributed by atoms with Gasteiger partial charge in [0.15, 0.2) is 0 Å². The second-order valence-electron chi connectivity index (χ2n) is 5.82. The fraction of sp³-hybridized carbons (Fsp3) is 0.600. The Morgan fingerprint density at radius 2 is 2.20 bits per heavy atom. The summed E-state index contributed by atoms with van der Waals surface area (Å²) in [6.07, 6.45) is 4.83. The Morgan fingerprint density at radius 3 is 2.85 bits per heavy atom. The zero-order valence-corrected chi connectivity index (χ0v) is 12.9. The molecule has 1 aromatic heterocycles. The Bertz CT molecular complexity index is 490. The second-order valence-corrected chi connectivity index (χ2v) is 6.23. The molecule has 0 aliphatic carbocycles. The molecule has 1 atom stereocenters. The van der Waals surface area contributed by atoms with Crippen molar-refractivity contribution in [2.24, 2.45) is 11.8 Å². The summed E-state index contributed by atoms with van der Waals surface area (Å²) in [6.45, 7) is 6.13. The van der Waals surface area contributed by atoms with Crippen molar-refractivity contribution in [1.82, 2.24) is 9.88 Å². The number of aromatic nitrogens is 1. The van der Waals surface area contributed by atoms with Crippen LogP contribution in [-0.2, 0) is 0 Å². The van der Waals surface area contributed by atoms with Gasteiger partial charge in [-0.2, -0.15) is 0 Å². The minimum atomic E-state index is 0.00352. The van der Waals surface area contributed by atoms with E-state index in [9.17, 15) is 4.79 Å². The van der Waals surface area contributed by atoms with Gasteiger partial charge in [-0.25, -0.2) is 4.98 Å². The summed E-state index contributed by atoms with van der Waals surface area (Å²) in [6, 6.07) is 1.61. The molecular weight excluding hydrogens is 274 g/mol. The van der Waals surface area contributed by atoms with E-state index in [2.05, 4.69) is 18.8 Å². The lowest BCUT2D eigenvalue weighted by atomic mass is 9.89. The highest BCUT2D eigenvalue weighted by Gasteiger charge is 2.23. The molecule has 0 aromatic carbocycles. The molecule has 0 spiro atoms. The summed E-state index contributed by atoms with van der Waals surface area (Å²) in [4.78, 5) is 18.3. The van der Waals surface area contributed by atoms with Crippen LogP contribution in [0.25, 0.3) is 0 Å². The first-order valence-corrected chi connectivity index (χ1v) is 7.57. The summed E-state index contributed by atoms with van der Waals surface area (Å²) in [7, 11) is 0. The van der Waals surface area contributed by atoms with Gasteiger partial charge < -0.3 is 10.6 Å². The number of halogens is 1. The molecule has 2 heterocycles. The molecule has 0 bridgehead atoms. The van der Waals surface area contributed by atoms with Crippen LogP contribution in [0.5, 0.6) is 0 Å². The molecule has 4 nitrogen and oxygen atoms in total. The van der Waals surface area contributed by atoms with E-state index in [4.69, 9.17) is 17.3 Å². The lowest BCUT2D eigenvalue weighted by Gasteiger charge is -2.21. The van der Waals surface area contributed by atoms with Crippen LogP contribution in [0.15, 0.2) is 12.3 Å². The number of anilines is 1. The van der Waals surface area contributed by atoms with Crippen LogP contribution in [0.1, 0.15) is 43.5 Å². The largest absolute Gasteiger partial charge is 0.382 e. The van der Waals surface area contributed by atoms with Crippen molar-refractivity contribution in [3.63, 3.8) is 0 Å². The standard InChI is InChI=1S/C15H22ClN3O/c1-10(2)11-4-3-6-19(7-5-11)15(20)12-8-13(16)14(17)18-9-12/h8-11H,3-7H2,1-2H3,(H2,17,18). The van der Waals surface area contributed by atoms with Crippen LogP contribution < -0.4 is 5.73 Å². The molecule has 1 unspecified atom stereocenters. The van der Waals surface area contributed by atoms with E-state index < -0.39 is 0 Å². The van der Waals surface area contributed by atoms with Gasteiger partial charge in [-0.15, -0.1) is 0 Å². The maximum atomic E-state index is 12.5. The summed E-state index contributed by atoms with van der Waals surface area (Å²) in [5.41, 5.74) is 6.10. The number of nitrogens with two attached hydrogens (primary N) is 1. The summed E-state index contributed by atoms with van der Waals surface area (Å²) >= 11 is 5.94. The average molecular weight is 296 g/mol. The molecule has 20 heavy (non-hydrogen) atoms. The number of rotatable bonds is 2. The number of amides is 1. The second kappa shape index (κ2) is 6.44. The maximum Gasteiger partial charge on any atom is 0.255 e. The first-order valence-electron chi connectivity index (χ1n) is 7.19. The molecular formula is C15H22ClN3O. The van der Waals surface area contributed by atoms with E-state index in [0.29, 0.717) is 22.4 Å². The maximum absolute atomic E-state index is 12.5. The van der Waals surface area contributed by atoms with Gasteiger partial charge in [-0.05, 0) is 37.2 Å². The van der Waals surface area contributed by atoms with E-state index in [-0.39, 0.29) is 11.7 Å². The number of carbonyl (C=O) groups excluding carboxylic acids is 1. The fourth-order valence-corrected chi connectivity index (χ4v) is 2.91. The van der Waals surface area contributed by atoms with Gasteiger partial charge >= 0.3 is 0 Å². The van der Waals surface area contributed by atoms with Gasteiger partial charge in [-0.1, -0.05) is 25.4 Å². The number of nitrogen functional groups attached to an aromatic ring is 1. The third kappa shape index (κ3) is 3.42. The van der Waals surface area contributed by atoms with Crippen molar-refractivity contribution in [2.45, 2.75) is 33.1 Å². The fourth-order valence-electron chi connectivity index (χ4n) is 2.74. The Kier molecular flexibility index (Phi) is 4.86. The van der Waals surface area contributed by atoms with Crippen molar-refractivity contribution in [3.05, 3.63) is 22.8 Å². The van der Waals surface area contributed by atoms with Gasteiger partial charge in [0.25, 0.3) is 5.91 Å². The minimum Gasteiger partial charge on any atom is -0.382 e. The van der Waals surface area contributed by atoms with Crippen molar-refractivity contribution in [1.29, 1.82) is 0 Å². The van der Waals surface area contributed by atoms with Crippen LogP contribution in [-0.4, -0.2) is 28.9 Å². The molecule has 1 amide bonds. The molecule has 1 aromatic rings. The van der Waals surface area contributed by atoms with Crippen LogP contribution in [0.3, 0.4) is 0 Å². The predicted molar refractivity (Wildman–Crippen MR) is 81.7 cm³/mol. The van der Waals surface area contributed by atoms with Gasteiger partial charge in [0.2, 0.25) is 0 Å². The van der Waals surface area contributed by atoms with Gasteiger partial charge in [0, 0.05) is 19.3 Å². The first-order chi connectivity index (χ1) is 9.49. The zero-order valence-electron chi connectivity index (χ0n) is 12.1. The molecule has 0 saturated carbocycles. The zero-order chi connectivity index (χ0) is 14.7. The normalized spacial score (nSPS) is 20.0. The highest BCUT2D eigenvalue weighted by atomic mass is 35.5. The molecule has 2 rings (SSSR count). The van der Waals surface area contributed by atoms with Crippen molar-refractivity contribution in [2.75, 3.05) is 18.8 Å². The third-order valence-electron chi connectivity index (χ3n) is 4.12. The van der Waals surface area contributed by atoms with Gasteiger partial charge in [-0.3, -0.25) is 4.79 Å². The Morgan fingerprint density at radius 1 is 1.45 bits per heavy atom. The minimum absolute atomic E-state index is 0.00352. The number of hydrogen-bond acceptors (Lipinski definition) is 3. The molecule has 2 N–H and O–H groups in total. The van der Waals surface area contributed by atoms with Crippen LogP contribution in [0, 0.1) is 11.8 Å². The van der Waals surface area contributed by atoms with Crippen molar-refractivity contribution in [3.8, 4) is 0 Å². The number of hydrogen-bond donors (Lipinski definition) is 1. The Labute approximate surface area is 125 Å². The number of pyridine rings is 1. The molecule has 1 aliphatic heterocycles. The summed E-state index contributed by atoms with van der Waals surface area (Å²) < 4.78 is 0. The number of nitrogens with zero attached hydrogens (tertiary/aromatic N) is 2. The van der Waals surface area contributed by atoms with E-state index in [1.165, 1.54) is 12.6 Å². The molecule has 110 valence electrons. The molecule has 1 saturated heterocycles. The first kappa shape index (κ1) is 15.1. The SMILES string of the molecule is CC(C)C1CCCN(C(=O)c2cnc(N)c(Cl)c2)CC1. The van der Waals surface area contributed by atoms with E-state index in [1.807, 2.05) is 4.90 Å². The highest BCUT2D eigenvalue weighted by Crippen LogP contribution is 2.25. The molecule has 5 heteroatoms. The third-order valence-corrected chi connectivity index (χ3v) is 4.42. The monoisotopic (exact) mass is 295 g/mol. The van der Waals surface area contributed by atoms with Gasteiger partial charge in [0.1, 0.15) is 5.82 Å². The van der Waals surface area contributed by atoms with Gasteiger partial charge in [0.05, 0.1) is 10.6 Å². The van der Waals surface area contributed by atoms with Crippen molar-refractivity contribution >= 4 is 23.3 Å². The smallest absolute Gasteiger partial charge is 0.255 e. The summed E-state index contributed by atoms with van der Waals surface area (Å²) in [5.74, 6) is 1.65. The predicted octanol–water partition coefficient (Wildman–Crippen LogP) is 3.22. The number of carbonyl (C=O) groups is 1. The molecule has 1 aliphatic rings. The summed E-state index contributed by atoms with van der Waals surface area (Å²) in [5, 5.41) is 0.339.